The van der Waals surface area contributed by atoms with Crippen LogP contribution in [0.25, 0.3) is 16.6 Å². The van der Waals surface area contributed by atoms with Crippen molar-refractivity contribution >= 4 is 28.4 Å². The lowest BCUT2D eigenvalue weighted by Gasteiger charge is -2.31. The third-order valence-electron chi connectivity index (χ3n) is 6.26. The predicted octanol–water partition coefficient (Wildman–Crippen LogP) is 6.28. The van der Waals surface area contributed by atoms with E-state index in [0.29, 0.717) is 34.7 Å². The number of hydrogen-bond acceptors (Lipinski definition) is 3. The van der Waals surface area contributed by atoms with E-state index in [2.05, 4.69) is 12.1 Å². The largest absolute Gasteiger partial charge is 0.332 e. The summed E-state index contributed by atoms with van der Waals surface area (Å²) < 4.78 is 1.63. The quantitative estimate of drug-likeness (QED) is 0.294. The van der Waals surface area contributed by atoms with E-state index in [1.165, 1.54) is 0 Å². The van der Waals surface area contributed by atoms with Crippen molar-refractivity contribution in [2.75, 3.05) is 6.54 Å². The van der Waals surface area contributed by atoms with Gasteiger partial charge in [-0.05, 0) is 62.6 Å². The van der Waals surface area contributed by atoms with E-state index in [1.807, 2.05) is 68.1 Å². The second kappa shape index (κ2) is 10.9. The molecule has 0 aliphatic heterocycles. The van der Waals surface area contributed by atoms with Gasteiger partial charge in [-0.25, -0.2) is 4.98 Å². The normalized spacial score (nSPS) is 12.0. The SMILES string of the molecule is CCCC(=O)N(CCc1ccccc1)C(C)c1nc2cc(Cl)ccc2c(=O)n1-c1ccc(C)cc1. The van der Waals surface area contributed by atoms with Gasteiger partial charge in [0.05, 0.1) is 22.6 Å². The van der Waals surface area contributed by atoms with Crippen LogP contribution in [0.5, 0.6) is 0 Å². The summed E-state index contributed by atoms with van der Waals surface area (Å²) in [4.78, 5) is 33.7. The van der Waals surface area contributed by atoms with Gasteiger partial charge in [-0.15, -0.1) is 0 Å². The molecule has 0 radical (unpaired) electrons. The Kier molecular flexibility index (Phi) is 7.67. The first-order chi connectivity index (χ1) is 16.9. The Labute approximate surface area is 211 Å². The zero-order valence-electron chi connectivity index (χ0n) is 20.4. The molecule has 4 rings (SSSR count). The lowest BCUT2D eigenvalue weighted by Crippen LogP contribution is -2.38. The molecule has 1 aromatic heterocycles. The van der Waals surface area contributed by atoms with Crippen molar-refractivity contribution in [2.24, 2.45) is 0 Å². The Bertz CT molecular complexity index is 1380. The molecule has 6 heteroatoms. The minimum atomic E-state index is -0.421. The Balaban J connectivity index is 1.85. The van der Waals surface area contributed by atoms with Gasteiger partial charge in [0.25, 0.3) is 5.56 Å². The van der Waals surface area contributed by atoms with Crippen molar-refractivity contribution in [3.8, 4) is 5.69 Å². The number of nitrogens with zero attached hydrogens (tertiary/aromatic N) is 3. The molecule has 1 atom stereocenters. The Morgan fingerprint density at radius 3 is 2.46 bits per heavy atom. The van der Waals surface area contributed by atoms with E-state index < -0.39 is 6.04 Å². The van der Waals surface area contributed by atoms with Crippen LogP contribution in [-0.4, -0.2) is 26.9 Å². The van der Waals surface area contributed by atoms with E-state index in [-0.39, 0.29) is 11.5 Å². The van der Waals surface area contributed by atoms with E-state index in [4.69, 9.17) is 16.6 Å². The number of aryl methyl sites for hydroxylation is 1. The molecular weight excluding hydrogens is 458 g/mol. The second-order valence-electron chi connectivity index (χ2n) is 8.86. The number of hydrogen-bond donors (Lipinski definition) is 0. The Hall–Kier alpha value is -3.44. The zero-order chi connectivity index (χ0) is 24.9. The van der Waals surface area contributed by atoms with Crippen molar-refractivity contribution < 1.29 is 4.79 Å². The van der Waals surface area contributed by atoms with Gasteiger partial charge < -0.3 is 4.90 Å². The summed E-state index contributed by atoms with van der Waals surface area (Å²) in [6.45, 7) is 6.48. The van der Waals surface area contributed by atoms with Crippen LogP contribution in [0.1, 0.15) is 49.7 Å². The molecule has 0 N–H and O–H groups in total. The highest BCUT2D eigenvalue weighted by Gasteiger charge is 2.26. The highest BCUT2D eigenvalue weighted by atomic mass is 35.5. The fraction of sp³-hybridized carbons (Fsp3) is 0.276. The lowest BCUT2D eigenvalue weighted by atomic mass is 10.1. The summed E-state index contributed by atoms with van der Waals surface area (Å²) in [6, 6.07) is 22.6. The topological polar surface area (TPSA) is 55.2 Å². The standard InChI is InChI=1S/C29H30ClN3O2/c1-4-8-27(34)32(18-17-22-9-6-5-7-10-22)21(3)28-31-26-19-23(30)13-16-25(26)29(35)33(28)24-14-11-20(2)12-15-24/h5-7,9-16,19,21H,4,8,17-18H2,1-3H3. The van der Waals surface area contributed by atoms with Crippen molar-refractivity contribution in [1.29, 1.82) is 0 Å². The minimum Gasteiger partial charge on any atom is -0.332 e. The van der Waals surface area contributed by atoms with Gasteiger partial charge in [-0.1, -0.05) is 66.6 Å². The summed E-state index contributed by atoms with van der Waals surface area (Å²) in [6.07, 6.45) is 1.90. The molecule has 0 aliphatic carbocycles. The van der Waals surface area contributed by atoms with Crippen molar-refractivity contribution in [2.45, 2.75) is 46.1 Å². The molecule has 1 amide bonds. The van der Waals surface area contributed by atoms with Gasteiger partial charge >= 0.3 is 0 Å². The molecule has 1 unspecified atom stereocenters. The van der Waals surface area contributed by atoms with Crippen molar-refractivity contribution in [1.82, 2.24) is 14.5 Å². The molecule has 0 fully saturated rings. The zero-order valence-corrected chi connectivity index (χ0v) is 21.1. The third-order valence-corrected chi connectivity index (χ3v) is 6.49. The molecule has 180 valence electrons. The number of carbonyl (C=O) groups excluding carboxylic acids is 1. The first-order valence-corrected chi connectivity index (χ1v) is 12.4. The van der Waals surface area contributed by atoms with E-state index >= 15 is 0 Å². The highest BCUT2D eigenvalue weighted by molar-refractivity contribution is 6.31. The van der Waals surface area contributed by atoms with E-state index in [1.54, 1.807) is 22.8 Å². The van der Waals surface area contributed by atoms with Gasteiger partial charge in [0.15, 0.2) is 0 Å². The number of rotatable bonds is 8. The first-order valence-electron chi connectivity index (χ1n) is 12.0. The van der Waals surface area contributed by atoms with Crippen LogP contribution >= 0.6 is 11.6 Å². The molecule has 3 aromatic carbocycles. The van der Waals surface area contributed by atoms with Gasteiger partial charge in [-0.2, -0.15) is 0 Å². The maximum atomic E-state index is 13.7. The fourth-order valence-corrected chi connectivity index (χ4v) is 4.49. The molecule has 4 aromatic rings. The van der Waals surface area contributed by atoms with Crippen molar-refractivity contribution in [3.05, 3.63) is 105 Å². The third kappa shape index (κ3) is 5.46. The number of benzene rings is 3. The molecule has 0 saturated carbocycles. The van der Waals surface area contributed by atoms with Crippen LogP contribution in [0, 0.1) is 6.92 Å². The highest BCUT2D eigenvalue weighted by Crippen LogP contribution is 2.25. The number of aromatic nitrogens is 2. The van der Waals surface area contributed by atoms with Gasteiger partial charge in [-0.3, -0.25) is 14.2 Å². The second-order valence-corrected chi connectivity index (χ2v) is 9.29. The summed E-state index contributed by atoms with van der Waals surface area (Å²) in [7, 11) is 0. The number of carbonyl (C=O) groups is 1. The molecular formula is C29H30ClN3O2. The molecule has 0 bridgehead atoms. The van der Waals surface area contributed by atoms with Crippen molar-refractivity contribution in [3.63, 3.8) is 0 Å². The molecule has 0 spiro atoms. The van der Waals surface area contributed by atoms with Crippen LogP contribution in [0.4, 0.5) is 0 Å². The van der Waals surface area contributed by atoms with Crippen LogP contribution in [0.3, 0.4) is 0 Å². The smallest absolute Gasteiger partial charge is 0.266 e. The van der Waals surface area contributed by atoms with Gasteiger partial charge in [0, 0.05) is 18.0 Å². The molecule has 0 aliphatic rings. The molecule has 35 heavy (non-hydrogen) atoms. The summed E-state index contributed by atoms with van der Waals surface area (Å²) in [5.74, 6) is 0.568. The summed E-state index contributed by atoms with van der Waals surface area (Å²) >= 11 is 6.24. The fourth-order valence-electron chi connectivity index (χ4n) is 4.33. The van der Waals surface area contributed by atoms with Gasteiger partial charge in [0.1, 0.15) is 5.82 Å². The lowest BCUT2D eigenvalue weighted by molar-refractivity contribution is -0.133. The van der Waals surface area contributed by atoms with Gasteiger partial charge in [0.2, 0.25) is 5.91 Å². The first kappa shape index (κ1) is 24.7. The summed E-state index contributed by atoms with van der Waals surface area (Å²) in [5.41, 5.74) is 3.32. The average Bonchev–Trinajstić information content (AvgIpc) is 2.85. The van der Waals surface area contributed by atoms with Crippen LogP contribution in [0.15, 0.2) is 77.6 Å². The Morgan fingerprint density at radius 2 is 1.77 bits per heavy atom. The maximum Gasteiger partial charge on any atom is 0.266 e. The van der Waals surface area contributed by atoms with E-state index in [0.717, 1.165) is 29.7 Å². The summed E-state index contributed by atoms with van der Waals surface area (Å²) in [5, 5.41) is 1.00. The maximum absolute atomic E-state index is 13.7. The molecule has 0 saturated heterocycles. The number of amides is 1. The number of halogens is 1. The molecule has 5 nitrogen and oxygen atoms in total. The van der Waals surface area contributed by atoms with Crippen LogP contribution < -0.4 is 5.56 Å². The molecule has 1 heterocycles. The minimum absolute atomic E-state index is 0.0480. The van der Waals surface area contributed by atoms with Crippen LogP contribution in [0.2, 0.25) is 5.02 Å². The monoisotopic (exact) mass is 487 g/mol. The average molecular weight is 488 g/mol. The van der Waals surface area contributed by atoms with E-state index in [9.17, 15) is 9.59 Å². The van der Waals surface area contributed by atoms with Crippen LogP contribution in [-0.2, 0) is 11.2 Å². The Morgan fingerprint density at radius 1 is 1.06 bits per heavy atom. The number of fused-ring (bicyclic) bond motifs is 1. The predicted molar refractivity (Wildman–Crippen MR) is 142 cm³/mol.